The SMILES string of the molecule is COc1cc(-c2ccc3c(c2)COc2nc(N4CCC(N)C4C(C)(C)C)ccc2-3)cnn1. The van der Waals surface area contributed by atoms with Crippen LogP contribution in [0, 0.1) is 5.41 Å². The molecular formula is C25H29N5O2. The van der Waals surface area contributed by atoms with Crippen molar-refractivity contribution in [2.24, 2.45) is 11.1 Å². The fourth-order valence-electron chi connectivity index (χ4n) is 5.00. The third-order valence-corrected chi connectivity index (χ3v) is 6.41. The number of fused-ring (bicyclic) bond motifs is 3. The summed E-state index contributed by atoms with van der Waals surface area (Å²) in [5.41, 5.74) is 11.8. The molecule has 1 saturated heterocycles. The largest absolute Gasteiger partial charge is 0.480 e. The number of nitrogens with zero attached hydrogens (tertiary/aromatic N) is 4. The van der Waals surface area contributed by atoms with Crippen LogP contribution in [0.4, 0.5) is 5.82 Å². The van der Waals surface area contributed by atoms with E-state index in [1.165, 1.54) is 0 Å². The summed E-state index contributed by atoms with van der Waals surface area (Å²) in [6.07, 6.45) is 2.71. The molecule has 2 unspecified atom stereocenters. The van der Waals surface area contributed by atoms with Crippen molar-refractivity contribution in [1.29, 1.82) is 0 Å². The van der Waals surface area contributed by atoms with Crippen molar-refractivity contribution < 1.29 is 9.47 Å². The molecule has 2 aliphatic rings. The normalized spacial score (nSPS) is 19.8. The number of nitrogens with two attached hydrogens (primary N) is 1. The Kier molecular flexibility index (Phi) is 5.01. The Bertz CT molecular complexity index is 1160. The Morgan fingerprint density at radius 2 is 1.91 bits per heavy atom. The van der Waals surface area contributed by atoms with Crippen LogP contribution in [0.25, 0.3) is 22.3 Å². The van der Waals surface area contributed by atoms with Gasteiger partial charge in [-0.2, -0.15) is 10.1 Å². The first-order valence-corrected chi connectivity index (χ1v) is 11.0. The molecule has 0 aliphatic carbocycles. The minimum atomic E-state index is 0.0713. The lowest BCUT2D eigenvalue weighted by molar-refractivity contribution is 0.285. The van der Waals surface area contributed by atoms with Gasteiger partial charge in [-0.05, 0) is 46.7 Å². The number of pyridine rings is 1. The van der Waals surface area contributed by atoms with Crippen LogP contribution in [0.2, 0.25) is 0 Å². The molecule has 32 heavy (non-hydrogen) atoms. The van der Waals surface area contributed by atoms with Gasteiger partial charge in [0, 0.05) is 29.8 Å². The van der Waals surface area contributed by atoms with Crippen molar-refractivity contribution in [3.05, 3.63) is 48.2 Å². The molecule has 2 atom stereocenters. The van der Waals surface area contributed by atoms with E-state index >= 15 is 0 Å². The summed E-state index contributed by atoms with van der Waals surface area (Å²) in [6.45, 7) is 8.12. The van der Waals surface area contributed by atoms with Gasteiger partial charge in [0.15, 0.2) is 0 Å². The standard InChI is InChI=1S/C25H29N5O2/c1-25(2,3)23-20(26)9-10-30(23)21-8-7-19-18-6-5-15(11-17(18)14-32-24(19)28-21)16-12-22(31-4)29-27-13-16/h5-8,11-13,20,23H,9-10,14,26H2,1-4H3. The number of methoxy groups -OCH3 is 1. The maximum absolute atomic E-state index is 6.46. The van der Waals surface area contributed by atoms with Gasteiger partial charge in [0.05, 0.1) is 19.3 Å². The summed E-state index contributed by atoms with van der Waals surface area (Å²) in [5.74, 6) is 2.11. The quantitative estimate of drug-likeness (QED) is 0.669. The second-order valence-electron chi connectivity index (χ2n) is 9.63. The lowest BCUT2D eigenvalue weighted by Crippen LogP contribution is -2.48. The summed E-state index contributed by atoms with van der Waals surface area (Å²) in [4.78, 5) is 7.25. The van der Waals surface area contributed by atoms with Gasteiger partial charge < -0.3 is 20.1 Å². The number of anilines is 1. The van der Waals surface area contributed by atoms with Gasteiger partial charge >= 0.3 is 0 Å². The molecule has 0 radical (unpaired) electrons. The monoisotopic (exact) mass is 431 g/mol. The van der Waals surface area contributed by atoms with E-state index in [1.54, 1.807) is 13.3 Å². The first-order chi connectivity index (χ1) is 15.3. The van der Waals surface area contributed by atoms with E-state index in [9.17, 15) is 0 Å². The third-order valence-electron chi connectivity index (χ3n) is 6.41. The van der Waals surface area contributed by atoms with E-state index in [0.29, 0.717) is 18.4 Å². The summed E-state index contributed by atoms with van der Waals surface area (Å²) < 4.78 is 11.3. The molecule has 0 bridgehead atoms. The molecule has 0 amide bonds. The Balaban J connectivity index is 1.47. The number of ether oxygens (including phenoxy) is 2. The van der Waals surface area contributed by atoms with Crippen LogP contribution in [0.5, 0.6) is 11.8 Å². The molecule has 2 N–H and O–H groups in total. The highest BCUT2D eigenvalue weighted by molar-refractivity contribution is 5.78. The van der Waals surface area contributed by atoms with Crippen molar-refractivity contribution in [3.8, 4) is 34.0 Å². The number of aromatic nitrogens is 3. The highest BCUT2D eigenvalue weighted by Crippen LogP contribution is 2.41. The van der Waals surface area contributed by atoms with Crippen molar-refractivity contribution in [2.75, 3.05) is 18.6 Å². The molecule has 4 heterocycles. The highest BCUT2D eigenvalue weighted by Gasteiger charge is 2.40. The van der Waals surface area contributed by atoms with Gasteiger partial charge in [-0.25, -0.2) is 0 Å². The average Bonchev–Trinajstić information content (AvgIpc) is 3.20. The minimum Gasteiger partial charge on any atom is -0.480 e. The van der Waals surface area contributed by atoms with Crippen LogP contribution < -0.4 is 20.1 Å². The predicted molar refractivity (Wildman–Crippen MR) is 125 cm³/mol. The lowest BCUT2D eigenvalue weighted by atomic mass is 9.83. The van der Waals surface area contributed by atoms with Gasteiger partial charge in [-0.3, -0.25) is 0 Å². The van der Waals surface area contributed by atoms with E-state index in [1.807, 2.05) is 6.07 Å². The number of hydrogen-bond acceptors (Lipinski definition) is 7. The average molecular weight is 432 g/mol. The van der Waals surface area contributed by atoms with Crippen LogP contribution in [0.1, 0.15) is 32.8 Å². The smallest absolute Gasteiger partial charge is 0.233 e. The predicted octanol–water partition coefficient (Wildman–Crippen LogP) is 4.06. The molecule has 0 saturated carbocycles. The molecule has 166 valence electrons. The Hall–Kier alpha value is -3.19. The molecule has 1 aromatic carbocycles. The van der Waals surface area contributed by atoms with Gasteiger partial charge in [0.2, 0.25) is 11.8 Å². The summed E-state index contributed by atoms with van der Waals surface area (Å²) >= 11 is 0. The Labute approximate surface area is 188 Å². The molecule has 7 heteroatoms. The summed E-state index contributed by atoms with van der Waals surface area (Å²) in [7, 11) is 1.59. The second kappa shape index (κ2) is 7.74. The maximum Gasteiger partial charge on any atom is 0.233 e. The molecule has 3 aromatic rings. The zero-order valence-electron chi connectivity index (χ0n) is 19.0. The van der Waals surface area contributed by atoms with Crippen LogP contribution in [0.15, 0.2) is 42.6 Å². The van der Waals surface area contributed by atoms with E-state index in [0.717, 1.165) is 46.6 Å². The zero-order valence-corrected chi connectivity index (χ0v) is 19.0. The molecule has 7 nitrogen and oxygen atoms in total. The molecular weight excluding hydrogens is 402 g/mol. The zero-order chi connectivity index (χ0) is 22.5. The maximum atomic E-state index is 6.46. The van der Waals surface area contributed by atoms with Crippen molar-refractivity contribution in [2.45, 2.75) is 45.9 Å². The number of rotatable bonds is 3. The van der Waals surface area contributed by atoms with Crippen molar-refractivity contribution in [3.63, 3.8) is 0 Å². The molecule has 2 aliphatic heterocycles. The molecule has 5 rings (SSSR count). The van der Waals surface area contributed by atoms with E-state index in [-0.39, 0.29) is 17.5 Å². The van der Waals surface area contributed by atoms with Gasteiger partial charge in [-0.1, -0.05) is 32.9 Å². The number of hydrogen-bond donors (Lipinski definition) is 1. The highest BCUT2D eigenvalue weighted by atomic mass is 16.5. The van der Waals surface area contributed by atoms with Gasteiger partial charge in [-0.15, -0.1) is 5.10 Å². The first-order valence-electron chi connectivity index (χ1n) is 11.0. The van der Waals surface area contributed by atoms with Crippen LogP contribution >= 0.6 is 0 Å². The van der Waals surface area contributed by atoms with Crippen LogP contribution in [-0.2, 0) is 6.61 Å². The van der Waals surface area contributed by atoms with E-state index in [2.05, 4.69) is 66.2 Å². The van der Waals surface area contributed by atoms with Gasteiger partial charge in [0.25, 0.3) is 0 Å². The van der Waals surface area contributed by atoms with Crippen LogP contribution in [0.3, 0.4) is 0 Å². The Morgan fingerprint density at radius 3 is 2.69 bits per heavy atom. The van der Waals surface area contributed by atoms with E-state index < -0.39 is 0 Å². The molecule has 1 fully saturated rings. The fourth-order valence-corrected chi connectivity index (χ4v) is 5.00. The lowest BCUT2D eigenvalue weighted by Gasteiger charge is -2.38. The fraction of sp³-hybridized carbons (Fsp3) is 0.400. The Morgan fingerprint density at radius 1 is 1.09 bits per heavy atom. The van der Waals surface area contributed by atoms with Crippen molar-refractivity contribution in [1.82, 2.24) is 15.2 Å². The summed E-state index contributed by atoms with van der Waals surface area (Å²) in [5, 5.41) is 7.98. The molecule has 2 aromatic heterocycles. The minimum absolute atomic E-state index is 0.0713. The number of benzene rings is 1. The second-order valence-corrected chi connectivity index (χ2v) is 9.63. The van der Waals surface area contributed by atoms with Crippen LogP contribution in [-0.4, -0.2) is 40.9 Å². The van der Waals surface area contributed by atoms with E-state index in [4.69, 9.17) is 20.2 Å². The molecule has 0 spiro atoms. The summed E-state index contributed by atoms with van der Waals surface area (Å²) in [6, 6.07) is 12.9. The third kappa shape index (κ3) is 3.56. The van der Waals surface area contributed by atoms with Crippen molar-refractivity contribution >= 4 is 5.82 Å². The topological polar surface area (TPSA) is 86.4 Å². The first kappa shape index (κ1) is 20.7. The van der Waals surface area contributed by atoms with Gasteiger partial charge in [0.1, 0.15) is 12.4 Å².